The van der Waals surface area contributed by atoms with Crippen LogP contribution in [0, 0.1) is 11.8 Å². The fourth-order valence-corrected chi connectivity index (χ4v) is 4.08. The van der Waals surface area contributed by atoms with Crippen LogP contribution in [0.25, 0.3) is 0 Å². The van der Waals surface area contributed by atoms with Crippen LogP contribution in [0.15, 0.2) is 24.3 Å². The first kappa shape index (κ1) is 16.6. The second-order valence-corrected chi connectivity index (χ2v) is 7.08. The quantitative estimate of drug-likeness (QED) is 0.906. The first-order valence-electron chi connectivity index (χ1n) is 9.10. The van der Waals surface area contributed by atoms with Crippen molar-refractivity contribution in [1.82, 2.24) is 4.90 Å². The van der Waals surface area contributed by atoms with Gasteiger partial charge in [-0.1, -0.05) is 12.1 Å². The van der Waals surface area contributed by atoms with Gasteiger partial charge in [-0.15, -0.1) is 0 Å². The van der Waals surface area contributed by atoms with Gasteiger partial charge in [0.1, 0.15) is 5.75 Å². The van der Waals surface area contributed by atoms with E-state index in [0.29, 0.717) is 0 Å². The maximum Gasteiger partial charge on any atom is 0.142 e. The van der Waals surface area contributed by atoms with Gasteiger partial charge in [-0.05, 0) is 56.2 Å². The molecule has 1 aromatic carbocycles. The number of piperazine rings is 1. The van der Waals surface area contributed by atoms with Gasteiger partial charge in [-0.2, -0.15) is 0 Å². The summed E-state index contributed by atoms with van der Waals surface area (Å²) in [5.41, 5.74) is 7.04. The molecule has 1 saturated heterocycles. The average molecular weight is 317 g/mol. The molecule has 2 fully saturated rings. The molecule has 0 radical (unpaired) electrons. The number of para-hydroxylation sites is 2. The normalized spacial score (nSPS) is 26.3. The Hall–Kier alpha value is -1.26. The molecule has 1 heterocycles. The maximum absolute atomic E-state index is 5.80. The maximum atomic E-state index is 5.80. The summed E-state index contributed by atoms with van der Waals surface area (Å²) in [4.78, 5) is 5.11. The summed E-state index contributed by atoms with van der Waals surface area (Å²) < 4.78 is 5.50. The molecule has 4 nitrogen and oxygen atoms in total. The molecule has 0 aromatic heterocycles. The summed E-state index contributed by atoms with van der Waals surface area (Å²) in [5.74, 6) is 2.66. The van der Waals surface area contributed by atoms with Crippen LogP contribution in [0.4, 0.5) is 5.69 Å². The lowest BCUT2D eigenvalue weighted by Gasteiger charge is -2.39. The molecular weight excluding hydrogens is 286 g/mol. The molecule has 128 valence electrons. The highest BCUT2D eigenvalue weighted by molar-refractivity contribution is 5.58. The Labute approximate surface area is 140 Å². The van der Waals surface area contributed by atoms with Crippen molar-refractivity contribution in [3.05, 3.63) is 24.3 Å². The van der Waals surface area contributed by atoms with E-state index in [9.17, 15) is 0 Å². The number of hydrogen-bond donors (Lipinski definition) is 1. The van der Waals surface area contributed by atoms with Gasteiger partial charge in [0.25, 0.3) is 0 Å². The third kappa shape index (κ3) is 4.18. The molecule has 4 heteroatoms. The predicted molar refractivity (Wildman–Crippen MR) is 96.1 cm³/mol. The lowest BCUT2D eigenvalue weighted by molar-refractivity contribution is 0.175. The summed E-state index contributed by atoms with van der Waals surface area (Å²) in [6.07, 6.45) is 5.41. The van der Waals surface area contributed by atoms with Gasteiger partial charge in [0, 0.05) is 32.7 Å². The van der Waals surface area contributed by atoms with Crippen LogP contribution in [0.1, 0.15) is 25.7 Å². The second-order valence-electron chi connectivity index (χ2n) is 7.08. The first-order valence-corrected chi connectivity index (χ1v) is 9.10. The Morgan fingerprint density at radius 2 is 1.65 bits per heavy atom. The molecule has 1 aromatic rings. The van der Waals surface area contributed by atoms with Gasteiger partial charge in [0.2, 0.25) is 0 Å². The average Bonchev–Trinajstić information content (AvgIpc) is 2.63. The van der Waals surface area contributed by atoms with Crippen molar-refractivity contribution in [2.24, 2.45) is 17.6 Å². The minimum atomic E-state index is 0.786. The SMILES string of the molecule is COc1ccccc1N1CCN(C[C@H]2CC[C@H](CN)CC2)CC1. The van der Waals surface area contributed by atoms with E-state index in [1.54, 1.807) is 7.11 Å². The Kier molecular flexibility index (Phi) is 5.79. The predicted octanol–water partition coefficient (Wildman–Crippen LogP) is 2.58. The summed E-state index contributed by atoms with van der Waals surface area (Å²) in [5, 5.41) is 0. The minimum absolute atomic E-state index is 0.786. The number of benzene rings is 1. The molecule has 3 rings (SSSR count). The van der Waals surface area contributed by atoms with Crippen molar-refractivity contribution in [1.29, 1.82) is 0 Å². The summed E-state index contributed by atoms with van der Waals surface area (Å²) in [7, 11) is 1.76. The topological polar surface area (TPSA) is 41.7 Å². The number of ether oxygens (including phenoxy) is 1. The van der Waals surface area contributed by atoms with E-state index in [1.165, 1.54) is 37.9 Å². The molecule has 0 amide bonds. The van der Waals surface area contributed by atoms with Crippen molar-refractivity contribution in [2.45, 2.75) is 25.7 Å². The van der Waals surface area contributed by atoms with Crippen LogP contribution in [-0.4, -0.2) is 51.3 Å². The van der Waals surface area contributed by atoms with Crippen molar-refractivity contribution >= 4 is 5.69 Å². The fourth-order valence-electron chi connectivity index (χ4n) is 4.08. The molecule has 0 atom stereocenters. The van der Waals surface area contributed by atoms with Crippen molar-refractivity contribution in [3.63, 3.8) is 0 Å². The first-order chi connectivity index (χ1) is 11.3. The zero-order chi connectivity index (χ0) is 16.1. The lowest BCUT2D eigenvalue weighted by atomic mass is 9.82. The number of anilines is 1. The van der Waals surface area contributed by atoms with E-state index in [4.69, 9.17) is 10.5 Å². The number of nitrogens with two attached hydrogens (primary N) is 1. The highest BCUT2D eigenvalue weighted by Gasteiger charge is 2.25. The van der Waals surface area contributed by atoms with Gasteiger partial charge in [0.15, 0.2) is 0 Å². The molecule has 0 spiro atoms. The van der Waals surface area contributed by atoms with E-state index in [2.05, 4.69) is 28.0 Å². The monoisotopic (exact) mass is 317 g/mol. The van der Waals surface area contributed by atoms with E-state index < -0.39 is 0 Å². The van der Waals surface area contributed by atoms with E-state index >= 15 is 0 Å². The summed E-state index contributed by atoms with van der Waals surface area (Å²) in [6, 6.07) is 8.36. The van der Waals surface area contributed by atoms with Crippen LogP contribution in [0.2, 0.25) is 0 Å². The van der Waals surface area contributed by atoms with Crippen LogP contribution in [-0.2, 0) is 0 Å². The Morgan fingerprint density at radius 1 is 1.00 bits per heavy atom. The van der Waals surface area contributed by atoms with Crippen LogP contribution in [0.5, 0.6) is 5.75 Å². The Bertz CT molecular complexity index is 477. The summed E-state index contributed by atoms with van der Waals surface area (Å²) in [6.45, 7) is 6.67. The van der Waals surface area contributed by atoms with E-state index in [1.807, 2.05) is 6.07 Å². The van der Waals surface area contributed by atoms with Crippen molar-refractivity contribution in [2.75, 3.05) is 51.3 Å². The van der Waals surface area contributed by atoms with Gasteiger partial charge in [-0.3, -0.25) is 4.90 Å². The van der Waals surface area contributed by atoms with Crippen LogP contribution < -0.4 is 15.4 Å². The highest BCUT2D eigenvalue weighted by Crippen LogP contribution is 2.30. The fraction of sp³-hybridized carbons (Fsp3) is 0.684. The third-order valence-corrected chi connectivity index (χ3v) is 5.61. The largest absolute Gasteiger partial charge is 0.495 e. The van der Waals surface area contributed by atoms with Crippen LogP contribution >= 0.6 is 0 Å². The van der Waals surface area contributed by atoms with Gasteiger partial charge in [-0.25, -0.2) is 0 Å². The van der Waals surface area contributed by atoms with Crippen LogP contribution in [0.3, 0.4) is 0 Å². The van der Waals surface area contributed by atoms with Gasteiger partial charge in [0.05, 0.1) is 12.8 Å². The van der Waals surface area contributed by atoms with E-state index in [-0.39, 0.29) is 0 Å². The smallest absolute Gasteiger partial charge is 0.142 e. The van der Waals surface area contributed by atoms with Crippen molar-refractivity contribution < 1.29 is 4.74 Å². The molecule has 1 aliphatic carbocycles. The molecule has 1 saturated carbocycles. The van der Waals surface area contributed by atoms with Gasteiger partial charge < -0.3 is 15.4 Å². The minimum Gasteiger partial charge on any atom is -0.495 e. The third-order valence-electron chi connectivity index (χ3n) is 5.61. The second kappa shape index (κ2) is 8.02. The molecule has 0 unspecified atom stereocenters. The zero-order valence-electron chi connectivity index (χ0n) is 14.4. The molecule has 0 bridgehead atoms. The number of hydrogen-bond acceptors (Lipinski definition) is 4. The summed E-state index contributed by atoms with van der Waals surface area (Å²) >= 11 is 0. The zero-order valence-corrected chi connectivity index (χ0v) is 14.4. The molecule has 1 aliphatic heterocycles. The Balaban J connectivity index is 1.47. The number of methoxy groups -OCH3 is 1. The number of rotatable bonds is 5. The molecule has 23 heavy (non-hydrogen) atoms. The highest BCUT2D eigenvalue weighted by atomic mass is 16.5. The Morgan fingerprint density at radius 3 is 2.30 bits per heavy atom. The van der Waals surface area contributed by atoms with E-state index in [0.717, 1.165) is 50.3 Å². The van der Waals surface area contributed by atoms with Gasteiger partial charge >= 0.3 is 0 Å². The standard InChI is InChI=1S/C19H31N3O/c1-23-19-5-3-2-4-18(19)22-12-10-21(11-13-22)15-17-8-6-16(14-20)7-9-17/h2-5,16-17H,6-15,20H2,1H3/t16-,17-. The number of nitrogens with zero attached hydrogens (tertiary/aromatic N) is 2. The molecule has 2 N–H and O–H groups in total. The van der Waals surface area contributed by atoms with Crippen molar-refractivity contribution in [3.8, 4) is 5.75 Å². The molecular formula is C19H31N3O. The lowest BCUT2D eigenvalue weighted by Crippen LogP contribution is -2.48. The molecule has 2 aliphatic rings.